The summed E-state index contributed by atoms with van der Waals surface area (Å²) in [6.45, 7) is 0. The number of thiazole rings is 1. The van der Waals surface area contributed by atoms with Crippen LogP contribution in [0.4, 0.5) is 0 Å². The number of carboxylic acids is 1. The van der Waals surface area contributed by atoms with Crippen LogP contribution in [0, 0.1) is 0 Å². The lowest BCUT2D eigenvalue weighted by Gasteiger charge is -2.19. The Morgan fingerprint density at radius 2 is 2.19 bits per heavy atom. The summed E-state index contributed by atoms with van der Waals surface area (Å²) < 4.78 is 0. The van der Waals surface area contributed by atoms with Crippen LogP contribution in [0.2, 0.25) is 0 Å². The smallest absolute Gasteiger partial charge is 0.328 e. The molecule has 1 saturated carbocycles. The van der Waals surface area contributed by atoms with Crippen LogP contribution in [0.15, 0.2) is 11.5 Å². The van der Waals surface area contributed by atoms with E-state index in [1.165, 1.54) is 43.4 Å². The average Bonchev–Trinajstić information content (AvgIpc) is 2.76. The monoisotopic (exact) mass is 237 g/mol. The molecule has 3 nitrogen and oxygen atoms in total. The van der Waals surface area contributed by atoms with Crippen molar-refractivity contribution in [2.24, 2.45) is 0 Å². The van der Waals surface area contributed by atoms with Gasteiger partial charge in [-0.15, -0.1) is 11.3 Å². The van der Waals surface area contributed by atoms with Gasteiger partial charge in [0, 0.05) is 17.4 Å². The molecule has 0 radical (unpaired) electrons. The number of carbonyl (C=O) groups is 1. The number of hydrogen-bond acceptors (Lipinski definition) is 3. The Morgan fingerprint density at radius 1 is 1.44 bits per heavy atom. The molecule has 0 spiro atoms. The summed E-state index contributed by atoms with van der Waals surface area (Å²) in [5.74, 6) is -0.327. The summed E-state index contributed by atoms with van der Waals surface area (Å²) in [5, 5.41) is 11.4. The van der Waals surface area contributed by atoms with Crippen molar-refractivity contribution in [2.45, 2.75) is 38.0 Å². The van der Waals surface area contributed by atoms with Crippen LogP contribution >= 0.6 is 11.3 Å². The Balaban J connectivity index is 2.03. The molecule has 4 heteroatoms. The highest BCUT2D eigenvalue weighted by molar-refractivity contribution is 7.10. The van der Waals surface area contributed by atoms with Crippen molar-refractivity contribution >= 4 is 23.4 Å². The topological polar surface area (TPSA) is 50.2 Å². The van der Waals surface area contributed by atoms with Gasteiger partial charge in [-0.25, -0.2) is 9.78 Å². The van der Waals surface area contributed by atoms with E-state index in [1.807, 2.05) is 0 Å². The van der Waals surface area contributed by atoms with Gasteiger partial charge in [0.2, 0.25) is 0 Å². The predicted octanol–water partition coefficient (Wildman–Crippen LogP) is 3.29. The highest BCUT2D eigenvalue weighted by Gasteiger charge is 2.17. The second kappa shape index (κ2) is 5.25. The zero-order valence-corrected chi connectivity index (χ0v) is 9.87. The van der Waals surface area contributed by atoms with Gasteiger partial charge < -0.3 is 5.11 Å². The number of aromatic nitrogens is 1. The molecule has 1 aromatic heterocycles. The highest BCUT2D eigenvalue weighted by atomic mass is 32.1. The molecule has 2 rings (SSSR count). The molecule has 1 N–H and O–H groups in total. The summed E-state index contributed by atoms with van der Waals surface area (Å²) in [5.41, 5.74) is 1.15. The SMILES string of the molecule is O=C(O)/C=C/c1nc(C2CCCCC2)cs1. The van der Waals surface area contributed by atoms with Crippen LogP contribution in [-0.2, 0) is 4.79 Å². The van der Waals surface area contributed by atoms with E-state index in [0.29, 0.717) is 5.92 Å². The van der Waals surface area contributed by atoms with Crippen molar-refractivity contribution in [1.29, 1.82) is 0 Å². The highest BCUT2D eigenvalue weighted by Crippen LogP contribution is 2.33. The third-order valence-corrected chi connectivity index (χ3v) is 3.76. The van der Waals surface area contributed by atoms with Crippen molar-refractivity contribution in [3.8, 4) is 0 Å². The molecule has 0 aromatic carbocycles. The van der Waals surface area contributed by atoms with Gasteiger partial charge in [0.15, 0.2) is 0 Å². The summed E-state index contributed by atoms with van der Waals surface area (Å²) >= 11 is 1.52. The van der Waals surface area contributed by atoms with Crippen molar-refractivity contribution < 1.29 is 9.90 Å². The third kappa shape index (κ3) is 2.92. The Hall–Kier alpha value is -1.16. The Bertz CT molecular complexity index is 391. The molecule has 1 aliphatic carbocycles. The molecule has 0 unspecified atom stereocenters. The van der Waals surface area contributed by atoms with E-state index in [4.69, 9.17) is 5.11 Å². The second-order valence-corrected chi connectivity index (χ2v) is 5.01. The van der Waals surface area contributed by atoms with Crippen molar-refractivity contribution in [3.63, 3.8) is 0 Å². The molecular formula is C12H15NO2S. The first-order valence-corrected chi connectivity index (χ1v) is 6.50. The average molecular weight is 237 g/mol. The van der Waals surface area contributed by atoms with Gasteiger partial charge in [-0.3, -0.25) is 0 Å². The molecule has 0 aliphatic heterocycles. The third-order valence-electron chi connectivity index (χ3n) is 2.93. The van der Waals surface area contributed by atoms with Gasteiger partial charge in [0.25, 0.3) is 0 Å². The zero-order valence-electron chi connectivity index (χ0n) is 9.06. The number of carboxylic acid groups (broad SMARTS) is 1. The lowest BCUT2D eigenvalue weighted by molar-refractivity contribution is -0.131. The van der Waals surface area contributed by atoms with Gasteiger partial charge in [-0.1, -0.05) is 19.3 Å². The van der Waals surface area contributed by atoms with Crippen LogP contribution in [-0.4, -0.2) is 16.1 Å². The maximum absolute atomic E-state index is 10.4. The van der Waals surface area contributed by atoms with E-state index < -0.39 is 5.97 Å². The minimum atomic E-state index is -0.922. The fourth-order valence-corrected chi connectivity index (χ4v) is 2.90. The quantitative estimate of drug-likeness (QED) is 0.821. The molecule has 1 aliphatic rings. The minimum absolute atomic E-state index is 0.594. The van der Waals surface area contributed by atoms with Crippen molar-refractivity contribution in [2.75, 3.05) is 0 Å². The first kappa shape index (κ1) is 11.3. The molecule has 1 heterocycles. The maximum atomic E-state index is 10.4. The van der Waals surface area contributed by atoms with E-state index in [-0.39, 0.29) is 0 Å². The molecule has 16 heavy (non-hydrogen) atoms. The Kier molecular flexibility index (Phi) is 3.72. The lowest BCUT2D eigenvalue weighted by atomic mass is 9.87. The summed E-state index contributed by atoms with van der Waals surface area (Å²) in [7, 11) is 0. The molecular weight excluding hydrogens is 222 g/mol. The lowest BCUT2D eigenvalue weighted by Crippen LogP contribution is -2.04. The first-order chi connectivity index (χ1) is 7.75. The second-order valence-electron chi connectivity index (χ2n) is 4.12. The number of nitrogens with zero attached hydrogens (tertiary/aromatic N) is 1. The van der Waals surface area contributed by atoms with Gasteiger partial charge in [-0.2, -0.15) is 0 Å². The normalized spacial score (nSPS) is 18.0. The van der Waals surface area contributed by atoms with E-state index >= 15 is 0 Å². The minimum Gasteiger partial charge on any atom is -0.478 e. The fourth-order valence-electron chi connectivity index (χ4n) is 2.11. The van der Waals surface area contributed by atoms with Crippen molar-refractivity contribution in [3.05, 3.63) is 22.2 Å². The first-order valence-electron chi connectivity index (χ1n) is 5.62. The van der Waals surface area contributed by atoms with Gasteiger partial charge in [-0.05, 0) is 18.9 Å². The van der Waals surface area contributed by atoms with Gasteiger partial charge in [0.1, 0.15) is 5.01 Å². The van der Waals surface area contributed by atoms with E-state index in [0.717, 1.165) is 16.8 Å². The largest absolute Gasteiger partial charge is 0.478 e. The zero-order chi connectivity index (χ0) is 11.4. The predicted molar refractivity (Wildman–Crippen MR) is 64.6 cm³/mol. The molecule has 1 aromatic rings. The van der Waals surface area contributed by atoms with Crippen LogP contribution in [0.5, 0.6) is 0 Å². The fraction of sp³-hybridized carbons (Fsp3) is 0.500. The van der Waals surface area contributed by atoms with Gasteiger partial charge >= 0.3 is 5.97 Å². The van der Waals surface area contributed by atoms with Crippen LogP contribution in [0.1, 0.15) is 48.7 Å². The molecule has 0 atom stereocenters. The van der Waals surface area contributed by atoms with E-state index in [2.05, 4.69) is 10.4 Å². The van der Waals surface area contributed by atoms with Gasteiger partial charge in [0.05, 0.1) is 5.69 Å². The molecule has 0 bridgehead atoms. The molecule has 1 fully saturated rings. The Labute approximate surface area is 98.8 Å². The van der Waals surface area contributed by atoms with E-state index in [9.17, 15) is 4.79 Å². The standard InChI is InChI=1S/C12H15NO2S/c14-12(15)7-6-11-13-10(8-16-11)9-4-2-1-3-5-9/h6-9H,1-5H2,(H,14,15)/b7-6+. The maximum Gasteiger partial charge on any atom is 0.328 e. The summed E-state index contributed by atoms with van der Waals surface area (Å²) in [4.78, 5) is 14.8. The number of hydrogen-bond donors (Lipinski definition) is 1. The molecule has 0 amide bonds. The number of rotatable bonds is 3. The van der Waals surface area contributed by atoms with Crippen molar-refractivity contribution in [1.82, 2.24) is 4.98 Å². The Morgan fingerprint density at radius 3 is 2.88 bits per heavy atom. The molecule has 86 valence electrons. The van der Waals surface area contributed by atoms with Crippen LogP contribution in [0.3, 0.4) is 0 Å². The van der Waals surface area contributed by atoms with E-state index in [1.54, 1.807) is 6.08 Å². The van der Waals surface area contributed by atoms with Crippen LogP contribution < -0.4 is 0 Å². The van der Waals surface area contributed by atoms with Crippen LogP contribution in [0.25, 0.3) is 6.08 Å². The number of aliphatic carboxylic acids is 1. The summed E-state index contributed by atoms with van der Waals surface area (Å²) in [6.07, 6.45) is 9.10. The molecule has 0 saturated heterocycles. The summed E-state index contributed by atoms with van der Waals surface area (Å²) in [6, 6.07) is 0.